The van der Waals surface area contributed by atoms with Gasteiger partial charge >= 0.3 is 0 Å². The summed E-state index contributed by atoms with van der Waals surface area (Å²) in [5.74, 6) is 1.37. The van der Waals surface area contributed by atoms with Crippen LogP contribution in [0.2, 0.25) is 0 Å². The van der Waals surface area contributed by atoms with Crippen molar-refractivity contribution in [3.63, 3.8) is 0 Å². The second-order valence-corrected chi connectivity index (χ2v) is 5.45. The third-order valence-electron chi connectivity index (χ3n) is 3.83. The highest BCUT2D eigenvalue weighted by molar-refractivity contribution is 5.70. The maximum Gasteiger partial charge on any atom is 0.163 e. The molecule has 3 heteroatoms. The number of aromatic nitrogens is 3. The Morgan fingerprint density at radius 2 is 1.00 bits per heavy atom. The topological polar surface area (TPSA) is 38.7 Å². The average molecular weight is 309 g/mol. The highest BCUT2D eigenvalue weighted by Crippen LogP contribution is 2.25. The molecule has 0 N–H and O–H groups in total. The van der Waals surface area contributed by atoms with Gasteiger partial charge in [0, 0.05) is 11.1 Å². The molecule has 114 valence electrons. The summed E-state index contributed by atoms with van der Waals surface area (Å²) in [5, 5.41) is 0. The number of hydrogen-bond donors (Lipinski definition) is 0. The van der Waals surface area contributed by atoms with E-state index in [4.69, 9.17) is 0 Å². The lowest BCUT2D eigenvalue weighted by Gasteiger charge is -2.06. The monoisotopic (exact) mass is 309 g/mol. The minimum atomic E-state index is 0.682. The summed E-state index contributed by atoms with van der Waals surface area (Å²) in [6.07, 6.45) is 1.57. The fourth-order valence-corrected chi connectivity index (χ4v) is 2.63. The van der Waals surface area contributed by atoms with Crippen molar-refractivity contribution in [2.75, 3.05) is 0 Å². The normalized spacial score (nSPS) is 10.5. The van der Waals surface area contributed by atoms with Crippen molar-refractivity contribution in [3.8, 4) is 33.9 Å². The Kier molecular flexibility index (Phi) is 3.82. The van der Waals surface area contributed by atoms with Crippen molar-refractivity contribution in [2.45, 2.75) is 0 Å². The summed E-state index contributed by atoms with van der Waals surface area (Å²) in [4.78, 5) is 13.3. The molecule has 1 aromatic heterocycles. The summed E-state index contributed by atoms with van der Waals surface area (Å²) in [5.41, 5.74) is 4.29. The Bertz CT molecular complexity index is 870. The van der Waals surface area contributed by atoms with Crippen LogP contribution in [-0.4, -0.2) is 15.0 Å². The highest BCUT2D eigenvalue weighted by atomic mass is 15.0. The van der Waals surface area contributed by atoms with Crippen molar-refractivity contribution in [1.29, 1.82) is 0 Å². The van der Waals surface area contributed by atoms with E-state index in [0.717, 1.165) is 16.7 Å². The first-order chi connectivity index (χ1) is 11.9. The lowest BCUT2D eigenvalue weighted by Crippen LogP contribution is -1.95. The molecule has 0 bridgehead atoms. The molecule has 0 aliphatic carbocycles. The number of rotatable bonds is 3. The van der Waals surface area contributed by atoms with Crippen LogP contribution in [0.4, 0.5) is 0 Å². The molecule has 0 radical (unpaired) electrons. The molecule has 0 atom stereocenters. The quantitative estimate of drug-likeness (QED) is 0.542. The molecule has 0 aliphatic heterocycles. The zero-order valence-corrected chi connectivity index (χ0v) is 13.0. The number of hydrogen-bond acceptors (Lipinski definition) is 3. The van der Waals surface area contributed by atoms with Crippen molar-refractivity contribution in [3.05, 3.63) is 91.3 Å². The molecule has 0 spiro atoms. The van der Waals surface area contributed by atoms with Crippen LogP contribution in [0.25, 0.3) is 33.9 Å². The van der Waals surface area contributed by atoms with Gasteiger partial charge in [0.25, 0.3) is 0 Å². The standard InChI is InChI=1S/C21H15N3/c1-3-8-16(9-4-1)18-12-7-13-19(14-18)21-23-15-22-20(24-21)17-10-5-2-6-11-17/h1-15H. The average Bonchev–Trinajstić information content (AvgIpc) is 2.70. The fourth-order valence-electron chi connectivity index (χ4n) is 2.63. The lowest BCUT2D eigenvalue weighted by atomic mass is 10.0. The minimum Gasteiger partial charge on any atom is -0.217 e. The molecule has 1 heterocycles. The van der Waals surface area contributed by atoms with Crippen LogP contribution < -0.4 is 0 Å². The molecule has 0 fully saturated rings. The third kappa shape index (κ3) is 2.92. The van der Waals surface area contributed by atoms with Crippen LogP contribution in [0.3, 0.4) is 0 Å². The third-order valence-corrected chi connectivity index (χ3v) is 3.83. The molecule has 4 aromatic rings. The summed E-state index contributed by atoms with van der Waals surface area (Å²) in [6, 6.07) is 28.5. The van der Waals surface area contributed by atoms with Crippen LogP contribution >= 0.6 is 0 Å². The molecular weight excluding hydrogens is 294 g/mol. The zero-order valence-electron chi connectivity index (χ0n) is 13.0. The zero-order chi connectivity index (χ0) is 16.2. The van der Waals surface area contributed by atoms with Gasteiger partial charge in [-0.1, -0.05) is 78.9 Å². The van der Waals surface area contributed by atoms with Gasteiger partial charge in [0.2, 0.25) is 0 Å². The molecule has 24 heavy (non-hydrogen) atoms. The van der Waals surface area contributed by atoms with Gasteiger partial charge in [-0.25, -0.2) is 15.0 Å². The number of benzene rings is 3. The Morgan fingerprint density at radius 1 is 0.458 bits per heavy atom. The largest absolute Gasteiger partial charge is 0.217 e. The number of nitrogens with zero attached hydrogens (tertiary/aromatic N) is 3. The van der Waals surface area contributed by atoms with Crippen LogP contribution in [0.15, 0.2) is 91.3 Å². The van der Waals surface area contributed by atoms with E-state index in [0.29, 0.717) is 11.6 Å². The van der Waals surface area contributed by atoms with Crippen molar-refractivity contribution in [2.24, 2.45) is 0 Å². The van der Waals surface area contributed by atoms with Crippen LogP contribution in [0, 0.1) is 0 Å². The smallest absolute Gasteiger partial charge is 0.163 e. The first-order valence-electron chi connectivity index (χ1n) is 7.80. The molecule has 0 unspecified atom stereocenters. The highest BCUT2D eigenvalue weighted by Gasteiger charge is 2.07. The van der Waals surface area contributed by atoms with Gasteiger partial charge in [-0.05, 0) is 17.2 Å². The van der Waals surface area contributed by atoms with Crippen molar-refractivity contribution < 1.29 is 0 Å². The van der Waals surface area contributed by atoms with Gasteiger partial charge in [0.15, 0.2) is 11.6 Å². The van der Waals surface area contributed by atoms with Gasteiger partial charge in [-0.15, -0.1) is 0 Å². The van der Waals surface area contributed by atoms with E-state index >= 15 is 0 Å². The SMILES string of the molecule is c1ccc(-c2cccc(-c3ncnc(-c4ccccc4)n3)c2)cc1. The van der Waals surface area contributed by atoms with Gasteiger partial charge in [0.05, 0.1) is 0 Å². The Hall–Kier alpha value is -3.33. The Morgan fingerprint density at radius 3 is 1.71 bits per heavy atom. The molecule has 0 saturated heterocycles. The van der Waals surface area contributed by atoms with E-state index < -0.39 is 0 Å². The lowest BCUT2D eigenvalue weighted by molar-refractivity contribution is 1.07. The van der Waals surface area contributed by atoms with E-state index in [1.165, 1.54) is 5.56 Å². The molecule has 0 saturated carbocycles. The van der Waals surface area contributed by atoms with Crippen LogP contribution in [0.1, 0.15) is 0 Å². The van der Waals surface area contributed by atoms with E-state index in [2.05, 4.69) is 39.2 Å². The van der Waals surface area contributed by atoms with Crippen molar-refractivity contribution in [1.82, 2.24) is 15.0 Å². The first kappa shape index (κ1) is 14.3. The summed E-state index contributed by atoms with van der Waals surface area (Å²) < 4.78 is 0. The Labute approximate surface area is 140 Å². The fraction of sp³-hybridized carbons (Fsp3) is 0. The Balaban J connectivity index is 1.75. The molecule has 4 rings (SSSR count). The first-order valence-corrected chi connectivity index (χ1v) is 7.80. The predicted octanol–water partition coefficient (Wildman–Crippen LogP) is 4.87. The van der Waals surface area contributed by atoms with Crippen LogP contribution in [0.5, 0.6) is 0 Å². The van der Waals surface area contributed by atoms with Gasteiger partial charge in [-0.2, -0.15) is 0 Å². The van der Waals surface area contributed by atoms with Crippen molar-refractivity contribution >= 4 is 0 Å². The summed E-state index contributed by atoms with van der Waals surface area (Å²) >= 11 is 0. The molecule has 3 nitrogen and oxygen atoms in total. The predicted molar refractivity (Wildman–Crippen MR) is 96.1 cm³/mol. The van der Waals surface area contributed by atoms with Gasteiger partial charge in [0.1, 0.15) is 6.33 Å². The maximum atomic E-state index is 4.63. The van der Waals surface area contributed by atoms with Gasteiger partial charge < -0.3 is 0 Å². The molecular formula is C21H15N3. The summed E-state index contributed by atoms with van der Waals surface area (Å²) in [7, 11) is 0. The maximum absolute atomic E-state index is 4.63. The van der Waals surface area contributed by atoms with E-state index in [1.54, 1.807) is 6.33 Å². The minimum absolute atomic E-state index is 0.682. The molecule has 3 aromatic carbocycles. The summed E-state index contributed by atoms with van der Waals surface area (Å²) in [6.45, 7) is 0. The van der Waals surface area contributed by atoms with Crippen LogP contribution in [-0.2, 0) is 0 Å². The van der Waals surface area contributed by atoms with E-state index in [1.807, 2.05) is 60.7 Å². The van der Waals surface area contributed by atoms with E-state index in [-0.39, 0.29) is 0 Å². The molecule has 0 amide bonds. The second kappa shape index (κ2) is 6.42. The molecule has 0 aliphatic rings. The van der Waals surface area contributed by atoms with E-state index in [9.17, 15) is 0 Å². The van der Waals surface area contributed by atoms with Gasteiger partial charge in [-0.3, -0.25) is 0 Å². The second-order valence-electron chi connectivity index (χ2n) is 5.45.